The number of nitro benzene ring substituents is 1. The van der Waals surface area contributed by atoms with Gasteiger partial charge in [-0.3, -0.25) is 19.7 Å². The number of nitro groups is 1. The SMILES string of the molecule is CC1=C(Cc2ccc(-c3ccc([N+](=O)[O-])cc3)cc2)C(=O)c2ccccc2C1=O. The molecule has 0 bridgehead atoms. The van der Waals surface area contributed by atoms with Crippen LogP contribution in [0.25, 0.3) is 11.1 Å². The van der Waals surface area contributed by atoms with E-state index in [1.165, 1.54) is 12.1 Å². The molecule has 0 saturated carbocycles. The molecule has 0 amide bonds. The van der Waals surface area contributed by atoms with Gasteiger partial charge in [0, 0.05) is 40.8 Å². The summed E-state index contributed by atoms with van der Waals surface area (Å²) in [4.78, 5) is 35.9. The maximum atomic E-state index is 12.9. The topological polar surface area (TPSA) is 77.3 Å². The third-order valence-electron chi connectivity index (χ3n) is 5.23. The predicted molar refractivity (Wildman–Crippen MR) is 110 cm³/mol. The van der Waals surface area contributed by atoms with E-state index in [0.29, 0.717) is 28.7 Å². The number of hydrogen-bond acceptors (Lipinski definition) is 4. The fourth-order valence-electron chi connectivity index (χ4n) is 3.56. The highest BCUT2D eigenvalue weighted by atomic mass is 16.6. The Balaban J connectivity index is 1.59. The molecule has 1 aliphatic rings. The van der Waals surface area contributed by atoms with Gasteiger partial charge < -0.3 is 0 Å². The first-order valence-corrected chi connectivity index (χ1v) is 9.17. The Morgan fingerprint density at radius 1 is 0.759 bits per heavy atom. The summed E-state index contributed by atoms with van der Waals surface area (Å²) in [6.45, 7) is 1.71. The number of rotatable bonds is 4. The van der Waals surface area contributed by atoms with Crippen LogP contribution in [0, 0.1) is 10.1 Å². The van der Waals surface area contributed by atoms with Crippen molar-refractivity contribution in [2.45, 2.75) is 13.3 Å². The van der Waals surface area contributed by atoms with Gasteiger partial charge in [0.05, 0.1) is 4.92 Å². The number of carbonyl (C=O) groups excluding carboxylic acids is 2. The number of fused-ring (bicyclic) bond motifs is 1. The lowest BCUT2D eigenvalue weighted by molar-refractivity contribution is -0.384. The molecule has 0 spiro atoms. The zero-order chi connectivity index (χ0) is 20.5. The average Bonchev–Trinajstić information content (AvgIpc) is 2.75. The van der Waals surface area contributed by atoms with Crippen molar-refractivity contribution in [2.24, 2.45) is 0 Å². The van der Waals surface area contributed by atoms with Crippen LogP contribution in [0.1, 0.15) is 33.2 Å². The third kappa shape index (κ3) is 3.38. The van der Waals surface area contributed by atoms with Gasteiger partial charge >= 0.3 is 0 Å². The second kappa shape index (κ2) is 7.28. The van der Waals surface area contributed by atoms with Gasteiger partial charge in [0.2, 0.25) is 0 Å². The van der Waals surface area contributed by atoms with Crippen molar-refractivity contribution >= 4 is 17.3 Å². The van der Waals surface area contributed by atoms with Crippen LogP contribution in [0.3, 0.4) is 0 Å². The van der Waals surface area contributed by atoms with Gasteiger partial charge in [0.15, 0.2) is 11.6 Å². The Bertz CT molecular complexity index is 1170. The normalized spacial score (nSPS) is 13.4. The van der Waals surface area contributed by atoms with Gasteiger partial charge in [-0.15, -0.1) is 0 Å². The highest BCUT2D eigenvalue weighted by Crippen LogP contribution is 2.29. The standard InChI is InChI=1S/C24H17NO4/c1-15-22(24(27)21-5-3-2-4-20(21)23(15)26)14-16-6-8-17(9-7-16)18-10-12-19(13-11-18)25(28)29/h2-13H,14H2,1H3. The summed E-state index contributed by atoms with van der Waals surface area (Å²) in [5, 5.41) is 10.8. The fourth-order valence-corrected chi connectivity index (χ4v) is 3.56. The maximum Gasteiger partial charge on any atom is 0.269 e. The fraction of sp³-hybridized carbons (Fsp3) is 0.0833. The van der Waals surface area contributed by atoms with Gasteiger partial charge in [-0.2, -0.15) is 0 Å². The van der Waals surface area contributed by atoms with Crippen LogP contribution in [0.5, 0.6) is 0 Å². The molecule has 4 rings (SSSR count). The van der Waals surface area contributed by atoms with Crippen molar-refractivity contribution < 1.29 is 14.5 Å². The lowest BCUT2D eigenvalue weighted by Gasteiger charge is -2.19. The second-order valence-corrected chi connectivity index (χ2v) is 6.99. The van der Waals surface area contributed by atoms with Gasteiger partial charge in [-0.1, -0.05) is 48.5 Å². The summed E-state index contributed by atoms with van der Waals surface area (Å²) in [5.74, 6) is -0.199. The molecule has 0 aromatic heterocycles. The number of nitrogens with zero attached hydrogens (tertiary/aromatic N) is 1. The van der Waals surface area contributed by atoms with Gasteiger partial charge in [0.1, 0.15) is 0 Å². The van der Waals surface area contributed by atoms with E-state index in [0.717, 1.165) is 16.7 Å². The molecule has 0 N–H and O–H groups in total. The number of carbonyl (C=O) groups is 2. The van der Waals surface area contributed by atoms with Crippen molar-refractivity contribution in [1.29, 1.82) is 0 Å². The number of non-ortho nitro benzene ring substituents is 1. The number of ketones is 2. The first-order valence-electron chi connectivity index (χ1n) is 9.17. The van der Waals surface area contributed by atoms with Crippen molar-refractivity contribution in [2.75, 3.05) is 0 Å². The summed E-state index contributed by atoms with van der Waals surface area (Å²) in [7, 11) is 0. The minimum atomic E-state index is -0.427. The van der Waals surface area contributed by atoms with Crippen LogP contribution >= 0.6 is 0 Å². The van der Waals surface area contributed by atoms with E-state index in [-0.39, 0.29) is 17.3 Å². The summed E-state index contributed by atoms with van der Waals surface area (Å²) in [5.41, 5.74) is 4.71. The van der Waals surface area contributed by atoms with Gasteiger partial charge in [-0.25, -0.2) is 0 Å². The third-order valence-corrected chi connectivity index (χ3v) is 5.23. The molecule has 142 valence electrons. The highest BCUT2D eigenvalue weighted by Gasteiger charge is 2.29. The minimum Gasteiger partial charge on any atom is -0.289 e. The van der Waals surface area contributed by atoms with E-state index >= 15 is 0 Å². The summed E-state index contributed by atoms with van der Waals surface area (Å²) in [6, 6.07) is 20.9. The smallest absolute Gasteiger partial charge is 0.269 e. The zero-order valence-electron chi connectivity index (χ0n) is 15.7. The first kappa shape index (κ1) is 18.5. The molecule has 0 heterocycles. The molecule has 0 saturated heterocycles. The maximum absolute atomic E-state index is 12.9. The van der Waals surface area contributed by atoms with E-state index in [1.807, 2.05) is 24.3 Å². The molecule has 0 aliphatic heterocycles. The lowest BCUT2D eigenvalue weighted by Crippen LogP contribution is -2.22. The Morgan fingerprint density at radius 3 is 1.83 bits per heavy atom. The van der Waals surface area contributed by atoms with Gasteiger partial charge in [-0.05, 0) is 35.7 Å². The van der Waals surface area contributed by atoms with Crippen LogP contribution in [-0.4, -0.2) is 16.5 Å². The zero-order valence-corrected chi connectivity index (χ0v) is 15.7. The van der Waals surface area contributed by atoms with E-state index < -0.39 is 4.92 Å². The van der Waals surface area contributed by atoms with Crippen molar-refractivity contribution in [3.05, 3.63) is 111 Å². The Morgan fingerprint density at radius 2 is 1.28 bits per heavy atom. The minimum absolute atomic E-state index is 0.0496. The van der Waals surface area contributed by atoms with E-state index in [4.69, 9.17) is 0 Å². The van der Waals surface area contributed by atoms with Crippen LogP contribution in [0.2, 0.25) is 0 Å². The Hall–Kier alpha value is -3.86. The summed E-state index contributed by atoms with van der Waals surface area (Å²) >= 11 is 0. The highest BCUT2D eigenvalue weighted by molar-refractivity contribution is 6.26. The lowest BCUT2D eigenvalue weighted by atomic mass is 9.82. The number of hydrogen-bond donors (Lipinski definition) is 0. The average molecular weight is 383 g/mol. The largest absolute Gasteiger partial charge is 0.289 e. The molecule has 0 radical (unpaired) electrons. The van der Waals surface area contributed by atoms with E-state index in [1.54, 1.807) is 43.3 Å². The molecule has 0 fully saturated rings. The molecule has 1 aliphatic carbocycles. The monoisotopic (exact) mass is 383 g/mol. The van der Waals surface area contributed by atoms with E-state index in [2.05, 4.69) is 0 Å². The predicted octanol–water partition coefficient (Wildman–Crippen LogP) is 5.20. The molecule has 0 atom stereocenters. The molecule has 29 heavy (non-hydrogen) atoms. The van der Waals surface area contributed by atoms with Crippen molar-refractivity contribution in [1.82, 2.24) is 0 Å². The summed E-state index contributed by atoms with van der Waals surface area (Å²) in [6.07, 6.45) is 0.380. The molecular weight excluding hydrogens is 366 g/mol. The van der Waals surface area contributed by atoms with Crippen LogP contribution < -0.4 is 0 Å². The molecule has 5 heteroatoms. The molecule has 5 nitrogen and oxygen atoms in total. The van der Waals surface area contributed by atoms with Crippen LogP contribution in [-0.2, 0) is 6.42 Å². The van der Waals surface area contributed by atoms with Crippen LogP contribution in [0.4, 0.5) is 5.69 Å². The molecule has 3 aromatic carbocycles. The molecular formula is C24H17NO4. The number of benzene rings is 3. The second-order valence-electron chi connectivity index (χ2n) is 6.99. The van der Waals surface area contributed by atoms with Crippen LogP contribution in [0.15, 0.2) is 83.9 Å². The number of allylic oxidation sites excluding steroid dienone is 2. The van der Waals surface area contributed by atoms with Gasteiger partial charge in [0.25, 0.3) is 5.69 Å². The number of Topliss-reactive ketones (excluding diaryl/α,β-unsaturated/α-hetero) is 2. The Kier molecular flexibility index (Phi) is 4.64. The van der Waals surface area contributed by atoms with E-state index in [9.17, 15) is 19.7 Å². The van der Waals surface area contributed by atoms with Crippen molar-refractivity contribution in [3.8, 4) is 11.1 Å². The first-order chi connectivity index (χ1) is 14.0. The quantitative estimate of drug-likeness (QED) is 0.458. The molecule has 0 unspecified atom stereocenters. The Labute approximate surface area is 167 Å². The molecule has 3 aromatic rings. The summed E-state index contributed by atoms with van der Waals surface area (Å²) < 4.78 is 0. The van der Waals surface area contributed by atoms with Crippen molar-refractivity contribution in [3.63, 3.8) is 0 Å².